The molecule has 3 rings (SSSR count). The monoisotopic (exact) mass is 316 g/mol. The Bertz CT molecular complexity index is 733. The van der Waals surface area contributed by atoms with Gasteiger partial charge < -0.3 is 23.8 Å². The third-order valence-corrected chi connectivity index (χ3v) is 3.69. The summed E-state index contributed by atoms with van der Waals surface area (Å²) in [4.78, 5) is 12.4. The van der Waals surface area contributed by atoms with Crippen molar-refractivity contribution in [3.8, 4) is 0 Å². The summed E-state index contributed by atoms with van der Waals surface area (Å²) in [7, 11) is 0. The highest BCUT2D eigenvalue weighted by Crippen LogP contribution is 2.30. The summed E-state index contributed by atoms with van der Waals surface area (Å²) in [5.74, 6) is 0.345. The Labute approximate surface area is 131 Å². The summed E-state index contributed by atoms with van der Waals surface area (Å²) >= 11 is 0. The number of aromatic nitrogens is 1. The molecule has 1 unspecified atom stereocenters. The summed E-state index contributed by atoms with van der Waals surface area (Å²) in [5, 5.41) is 17.5. The normalized spacial score (nSPS) is 13.7. The molecule has 0 radical (unpaired) electrons. The van der Waals surface area contributed by atoms with Gasteiger partial charge in [-0.2, -0.15) is 0 Å². The number of nitrogens with zero attached hydrogens (tertiary/aromatic N) is 1. The number of amides is 1. The van der Waals surface area contributed by atoms with E-state index in [1.165, 1.54) is 18.8 Å². The largest absolute Gasteiger partial charge is 0.472 e. The van der Waals surface area contributed by atoms with Crippen LogP contribution in [0.3, 0.4) is 0 Å². The number of nitrogens with one attached hydrogen (secondary N) is 1. The van der Waals surface area contributed by atoms with E-state index in [1.807, 2.05) is 0 Å². The molecule has 1 atom stereocenters. The van der Waals surface area contributed by atoms with Gasteiger partial charge >= 0.3 is 0 Å². The smallest absolute Gasteiger partial charge is 0.256 e. The quantitative estimate of drug-likeness (QED) is 0.748. The Morgan fingerprint density at radius 3 is 2.74 bits per heavy atom. The van der Waals surface area contributed by atoms with Gasteiger partial charge in [-0.1, -0.05) is 5.16 Å². The van der Waals surface area contributed by atoms with Crippen LogP contribution in [0.4, 0.5) is 0 Å². The minimum atomic E-state index is -1.54. The Balaban J connectivity index is 1.85. The molecule has 0 aliphatic rings. The van der Waals surface area contributed by atoms with Crippen LogP contribution in [0.1, 0.15) is 33.1 Å². The van der Waals surface area contributed by atoms with Crippen LogP contribution in [0, 0.1) is 13.8 Å². The van der Waals surface area contributed by atoms with Crippen LogP contribution < -0.4 is 5.32 Å². The summed E-state index contributed by atoms with van der Waals surface area (Å²) in [5.41, 5.74) is -0.208. The molecule has 2 N–H and O–H groups in total. The van der Waals surface area contributed by atoms with Crippen molar-refractivity contribution in [2.24, 2.45) is 0 Å². The molecule has 1 amide bonds. The van der Waals surface area contributed by atoms with Gasteiger partial charge in [-0.05, 0) is 32.0 Å². The first-order valence-corrected chi connectivity index (χ1v) is 7.02. The average Bonchev–Trinajstić information content (AvgIpc) is 3.27. The molecule has 3 aromatic rings. The molecular weight excluding hydrogens is 300 g/mol. The van der Waals surface area contributed by atoms with E-state index in [-0.39, 0.29) is 12.5 Å². The molecule has 3 aromatic heterocycles. The Morgan fingerprint density at radius 1 is 1.35 bits per heavy atom. The number of hydrogen-bond donors (Lipinski definition) is 2. The first-order chi connectivity index (χ1) is 11.0. The summed E-state index contributed by atoms with van der Waals surface area (Å²) in [6.07, 6.45) is 4.31. The lowest BCUT2D eigenvalue weighted by molar-refractivity contribution is 0.0519. The molecule has 0 spiro atoms. The second-order valence-corrected chi connectivity index (χ2v) is 5.23. The number of rotatable bonds is 5. The van der Waals surface area contributed by atoms with Crippen LogP contribution in [0.2, 0.25) is 0 Å². The molecule has 23 heavy (non-hydrogen) atoms. The number of carbonyl (C=O) groups excluding carboxylic acids is 1. The topological polar surface area (TPSA) is 102 Å². The standard InChI is InChI=1S/C16H16N2O5/c1-10-14(11(2)23-18-10)15(19)17-9-16(20,12-5-7-21-8-12)13-4-3-6-22-13/h3-8,20H,9H2,1-2H3,(H,17,19). The van der Waals surface area contributed by atoms with Gasteiger partial charge in [0.25, 0.3) is 5.91 Å². The van der Waals surface area contributed by atoms with Gasteiger partial charge in [0.2, 0.25) is 0 Å². The van der Waals surface area contributed by atoms with E-state index in [0.29, 0.717) is 28.3 Å². The second-order valence-electron chi connectivity index (χ2n) is 5.23. The van der Waals surface area contributed by atoms with Crippen molar-refractivity contribution in [2.45, 2.75) is 19.4 Å². The van der Waals surface area contributed by atoms with Gasteiger partial charge in [-0.25, -0.2) is 0 Å². The van der Waals surface area contributed by atoms with Gasteiger partial charge in [0.15, 0.2) is 5.60 Å². The highest BCUT2D eigenvalue weighted by Gasteiger charge is 2.36. The number of hydrogen-bond acceptors (Lipinski definition) is 6. The highest BCUT2D eigenvalue weighted by molar-refractivity contribution is 5.96. The Morgan fingerprint density at radius 2 is 2.17 bits per heavy atom. The Hall–Kier alpha value is -2.80. The summed E-state index contributed by atoms with van der Waals surface area (Å²) in [6.45, 7) is 3.24. The molecule has 120 valence electrons. The maximum absolute atomic E-state index is 12.4. The van der Waals surface area contributed by atoms with Gasteiger partial charge in [0, 0.05) is 5.56 Å². The fourth-order valence-corrected chi connectivity index (χ4v) is 2.45. The maximum Gasteiger partial charge on any atom is 0.256 e. The number of aryl methyl sites for hydroxylation is 2. The van der Waals surface area contributed by atoms with Crippen LogP contribution in [0.5, 0.6) is 0 Å². The predicted molar refractivity (Wildman–Crippen MR) is 78.7 cm³/mol. The van der Waals surface area contributed by atoms with Crippen molar-refractivity contribution in [1.82, 2.24) is 10.5 Å². The van der Waals surface area contributed by atoms with Gasteiger partial charge in [-0.15, -0.1) is 0 Å². The molecule has 0 fully saturated rings. The van der Waals surface area contributed by atoms with Gasteiger partial charge in [0.1, 0.15) is 17.1 Å². The van der Waals surface area contributed by atoms with E-state index in [4.69, 9.17) is 13.4 Å². The van der Waals surface area contributed by atoms with Gasteiger partial charge in [0.05, 0.1) is 31.0 Å². The van der Waals surface area contributed by atoms with Crippen LogP contribution in [-0.2, 0) is 5.60 Å². The van der Waals surface area contributed by atoms with Crippen LogP contribution >= 0.6 is 0 Å². The number of aliphatic hydroxyl groups is 1. The van der Waals surface area contributed by atoms with Crippen LogP contribution in [0.25, 0.3) is 0 Å². The molecule has 0 aliphatic heterocycles. The summed E-state index contributed by atoms with van der Waals surface area (Å²) < 4.78 is 15.3. The molecule has 7 nitrogen and oxygen atoms in total. The summed E-state index contributed by atoms with van der Waals surface area (Å²) in [6, 6.07) is 4.91. The fourth-order valence-electron chi connectivity index (χ4n) is 2.45. The molecule has 0 aromatic carbocycles. The van der Waals surface area contributed by atoms with Crippen molar-refractivity contribution in [1.29, 1.82) is 0 Å². The highest BCUT2D eigenvalue weighted by atomic mass is 16.5. The van der Waals surface area contributed by atoms with E-state index in [1.54, 1.807) is 32.0 Å². The van der Waals surface area contributed by atoms with Crippen LogP contribution in [-0.4, -0.2) is 22.7 Å². The van der Waals surface area contributed by atoms with Crippen molar-refractivity contribution in [3.05, 3.63) is 65.3 Å². The molecule has 7 heteroatoms. The zero-order chi connectivity index (χ0) is 16.4. The molecule has 0 aliphatic carbocycles. The van der Waals surface area contributed by atoms with E-state index in [9.17, 15) is 9.90 Å². The zero-order valence-electron chi connectivity index (χ0n) is 12.7. The third kappa shape index (κ3) is 2.66. The lowest BCUT2D eigenvalue weighted by atomic mass is 9.93. The molecule has 0 saturated heterocycles. The third-order valence-electron chi connectivity index (χ3n) is 3.69. The molecular formula is C16H16N2O5. The zero-order valence-corrected chi connectivity index (χ0v) is 12.7. The van der Waals surface area contributed by atoms with Crippen LogP contribution in [0.15, 0.2) is 50.3 Å². The first kappa shape index (κ1) is 15.1. The van der Waals surface area contributed by atoms with Crippen molar-refractivity contribution in [2.75, 3.05) is 6.54 Å². The molecule has 3 heterocycles. The number of carbonyl (C=O) groups is 1. The van der Waals surface area contributed by atoms with E-state index in [0.717, 1.165) is 0 Å². The van der Waals surface area contributed by atoms with Crippen molar-refractivity contribution in [3.63, 3.8) is 0 Å². The Kier molecular flexibility index (Phi) is 3.79. The maximum atomic E-state index is 12.4. The molecule has 0 saturated carbocycles. The SMILES string of the molecule is Cc1noc(C)c1C(=O)NCC(O)(c1ccoc1)c1ccco1. The van der Waals surface area contributed by atoms with Crippen molar-refractivity contribution < 1.29 is 23.3 Å². The van der Waals surface area contributed by atoms with Gasteiger partial charge in [-0.3, -0.25) is 4.79 Å². The number of furan rings is 2. The van der Waals surface area contributed by atoms with E-state index >= 15 is 0 Å². The molecule has 0 bridgehead atoms. The lowest BCUT2D eigenvalue weighted by Gasteiger charge is -2.25. The average molecular weight is 316 g/mol. The minimum absolute atomic E-state index is 0.0943. The first-order valence-electron chi connectivity index (χ1n) is 7.02. The lowest BCUT2D eigenvalue weighted by Crippen LogP contribution is -2.41. The second kappa shape index (κ2) is 5.77. The minimum Gasteiger partial charge on any atom is -0.472 e. The van der Waals surface area contributed by atoms with Crippen molar-refractivity contribution >= 4 is 5.91 Å². The fraction of sp³-hybridized carbons (Fsp3) is 0.250. The van der Waals surface area contributed by atoms with E-state index in [2.05, 4.69) is 10.5 Å². The predicted octanol–water partition coefficient (Wildman–Crippen LogP) is 2.14. The van der Waals surface area contributed by atoms with E-state index < -0.39 is 5.60 Å².